The summed E-state index contributed by atoms with van der Waals surface area (Å²) in [5.74, 6) is -0.0396. The number of hydrogen-bond acceptors (Lipinski definition) is 3. The zero-order valence-corrected chi connectivity index (χ0v) is 35.3. The number of allylic oxidation sites excluding steroid dienone is 10. The van der Waals surface area contributed by atoms with Crippen molar-refractivity contribution in [3.05, 3.63) is 60.8 Å². The highest BCUT2D eigenvalue weighted by molar-refractivity contribution is 5.76. The molecule has 0 heterocycles. The van der Waals surface area contributed by atoms with E-state index >= 15 is 0 Å². The van der Waals surface area contributed by atoms with Crippen molar-refractivity contribution >= 4 is 5.91 Å². The Morgan fingerprint density at radius 2 is 0.830 bits per heavy atom. The van der Waals surface area contributed by atoms with E-state index in [1.165, 1.54) is 135 Å². The number of amides is 1. The highest BCUT2D eigenvalue weighted by Crippen LogP contribution is 2.16. The number of aliphatic hydroxyl groups excluding tert-OH is 2. The van der Waals surface area contributed by atoms with Crippen LogP contribution >= 0.6 is 0 Å². The lowest BCUT2D eigenvalue weighted by atomic mass is 10.0. The van der Waals surface area contributed by atoms with Crippen LogP contribution in [0.3, 0.4) is 0 Å². The van der Waals surface area contributed by atoms with Gasteiger partial charge in [0.15, 0.2) is 0 Å². The first-order valence-electron chi connectivity index (χ1n) is 23.0. The summed E-state index contributed by atoms with van der Waals surface area (Å²) in [6, 6.07) is -0.531. The van der Waals surface area contributed by atoms with Crippen LogP contribution in [0.2, 0.25) is 0 Å². The molecule has 0 aliphatic heterocycles. The molecule has 4 heteroatoms. The number of aliphatic hydroxyl groups is 2. The fraction of sp³-hybridized carbons (Fsp3) is 0.776. The Kier molecular flexibility index (Phi) is 42.9. The molecule has 3 N–H and O–H groups in total. The van der Waals surface area contributed by atoms with Gasteiger partial charge >= 0.3 is 0 Å². The van der Waals surface area contributed by atoms with Crippen LogP contribution in [-0.2, 0) is 4.79 Å². The van der Waals surface area contributed by atoms with Crippen LogP contribution in [-0.4, -0.2) is 34.9 Å². The number of carbonyl (C=O) groups excluding carboxylic acids is 1. The maximum atomic E-state index is 12.2. The standard InChI is InChI=1S/C49H89NO3/c1-3-5-7-9-10-11-12-13-14-15-16-17-18-19-20-21-22-23-24-25-26-27-28-29-30-31-32-33-34-35-36-37-38-39-40-41-43-45-49(53)50-47(46-51)48(52)44-42-8-6-4-2/h5,7,10-11,13-14,16-17,19-20,47-48,51-52H,3-4,6,8-9,12,15,18,21-46H2,1-2H3,(H,50,53)/b7-5-,11-10-,14-13-,17-16-,20-19-. The lowest BCUT2D eigenvalue weighted by Gasteiger charge is -2.22. The highest BCUT2D eigenvalue weighted by Gasteiger charge is 2.19. The topological polar surface area (TPSA) is 69.6 Å². The Morgan fingerprint density at radius 1 is 0.472 bits per heavy atom. The maximum Gasteiger partial charge on any atom is 0.220 e. The summed E-state index contributed by atoms with van der Waals surface area (Å²) in [4.78, 5) is 12.2. The molecule has 0 radical (unpaired) electrons. The van der Waals surface area contributed by atoms with Crippen molar-refractivity contribution in [2.24, 2.45) is 0 Å². The van der Waals surface area contributed by atoms with Crippen LogP contribution in [0.1, 0.15) is 226 Å². The normalized spacial score (nSPS) is 13.5. The van der Waals surface area contributed by atoms with Crippen LogP contribution < -0.4 is 5.32 Å². The van der Waals surface area contributed by atoms with Crippen molar-refractivity contribution in [2.75, 3.05) is 6.61 Å². The molecule has 1 amide bonds. The lowest BCUT2D eigenvalue weighted by molar-refractivity contribution is -0.123. The third kappa shape index (κ3) is 41.1. The van der Waals surface area contributed by atoms with Gasteiger partial charge in [0.2, 0.25) is 5.91 Å². The molecule has 308 valence electrons. The summed E-state index contributed by atoms with van der Waals surface area (Å²) in [6.45, 7) is 4.14. The molecule has 4 nitrogen and oxygen atoms in total. The average molecular weight is 740 g/mol. The highest BCUT2D eigenvalue weighted by atomic mass is 16.3. The van der Waals surface area contributed by atoms with Gasteiger partial charge in [-0.2, -0.15) is 0 Å². The van der Waals surface area contributed by atoms with Crippen LogP contribution in [0, 0.1) is 0 Å². The first-order chi connectivity index (χ1) is 26.2. The second kappa shape index (κ2) is 44.5. The van der Waals surface area contributed by atoms with Crippen molar-refractivity contribution in [3.63, 3.8) is 0 Å². The minimum Gasteiger partial charge on any atom is -0.394 e. The van der Waals surface area contributed by atoms with E-state index in [2.05, 4.69) is 79.9 Å². The molecular weight excluding hydrogens is 651 g/mol. The van der Waals surface area contributed by atoms with Gasteiger partial charge in [-0.1, -0.05) is 222 Å². The van der Waals surface area contributed by atoms with Crippen molar-refractivity contribution in [3.8, 4) is 0 Å². The summed E-state index contributed by atoms with van der Waals surface area (Å²) in [5.41, 5.74) is 0. The van der Waals surface area contributed by atoms with E-state index < -0.39 is 12.1 Å². The number of nitrogens with one attached hydrogen (secondary N) is 1. The Morgan fingerprint density at radius 3 is 1.23 bits per heavy atom. The molecule has 0 saturated heterocycles. The molecule has 0 fully saturated rings. The van der Waals surface area contributed by atoms with E-state index in [0.717, 1.165) is 64.2 Å². The predicted molar refractivity (Wildman–Crippen MR) is 234 cm³/mol. The fourth-order valence-corrected chi connectivity index (χ4v) is 6.80. The van der Waals surface area contributed by atoms with Gasteiger partial charge in [0.25, 0.3) is 0 Å². The smallest absolute Gasteiger partial charge is 0.220 e. The summed E-state index contributed by atoms with van der Waals surface area (Å²) in [6.07, 6.45) is 62.3. The zero-order chi connectivity index (χ0) is 38.6. The first kappa shape index (κ1) is 51.1. The minimum absolute atomic E-state index is 0.0396. The Bertz CT molecular complexity index is 888. The second-order valence-corrected chi connectivity index (χ2v) is 15.4. The Labute approximate surface area is 330 Å². The van der Waals surface area contributed by atoms with E-state index in [1.807, 2.05) is 0 Å². The minimum atomic E-state index is -0.654. The third-order valence-corrected chi connectivity index (χ3v) is 10.3. The number of hydrogen-bond donors (Lipinski definition) is 3. The van der Waals surface area contributed by atoms with Crippen molar-refractivity contribution in [1.82, 2.24) is 5.32 Å². The molecule has 0 aromatic heterocycles. The molecule has 0 rings (SSSR count). The van der Waals surface area contributed by atoms with E-state index in [-0.39, 0.29) is 12.5 Å². The van der Waals surface area contributed by atoms with Crippen molar-refractivity contribution < 1.29 is 15.0 Å². The maximum absolute atomic E-state index is 12.2. The molecule has 0 aliphatic carbocycles. The third-order valence-electron chi connectivity index (χ3n) is 10.3. The predicted octanol–water partition coefficient (Wildman–Crippen LogP) is 14.5. The van der Waals surface area contributed by atoms with Crippen molar-refractivity contribution in [2.45, 2.75) is 238 Å². The molecule has 0 spiro atoms. The SMILES string of the molecule is CC/C=C\C/C=C\C/C=C\C/C=C\C/C=C\CCCCCCCCCCCCCCCCCCCCCCCC(=O)NC(CO)C(O)CCCCCC. The van der Waals surface area contributed by atoms with Crippen LogP contribution in [0.5, 0.6) is 0 Å². The molecule has 0 aromatic rings. The molecule has 53 heavy (non-hydrogen) atoms. The lowest BCUT2D eigenvalue weighted by Crippen LogP contribution is -2.45. The van der Waals surface area contributed by atoms with Crippen LogP contribution in [0.15, 0.2) is 60.8 Å². The van der Waals surface area contributed by atoms with Crippen LogP contribution in [0.25, 0.3) is 0 Å². The molecule has 2 atom stereocenters. The fourth-order valence-electron chi connectivity index (χ4n) is 6.80. The van der Waals surface area contributed by atoms with E-state index in [4.69, 9.17) is 0 Å². The van der Waals surface area contributed by atoms with Gasteiger partial charge in [-0.25, -0.2) is 0 Å². The van der Waals surface area contributed by atoms with Gasteiger partial charge in [0, 0.05) is 6.42 Å². The van der Waals surface area contributed by atoms with Gasteiger partial charge in [-0.15, -0.1) is 0 Å². The second-order valence-electron chi connectivity index (χ2n) is 15.4. The molecule has 0 saturated carbocycles. The number of carbonyl (C=O) groups is 1. The quantitative estimate of drug-likeness (QED) is 0.0432. The Hall–Kier alpha value is -1.91. The van der Waals surface area contributed by atoms with Gasteiger partial charge in [-0.3, -0.25) is 4.79 Å². The summed E-state index contributed by atoms with van der Waals surface area (Å²) in [7, 11) is 0. The van der Waals surface area contributed by atoms with Gasteiger partial charge in [0.05, 0.1) is 18.8 Å². The molecular formula is C49H89NO3. The summed E-state index contributed by atoms with van der Waals surface area (Å²) in [5, 5.41) is 22.7. The summed E-state index contributed by atoms with van der Waals surface area (Å²) < 4.78 is 0. The number of rotatable bonds is 41. The van der Waals surface area contributed by atoms with Crippen LogP contribution in [0.4, 0.5) is 0 Å². The number of unbranched alkanes of at least 4 members (excludes halogenated alkanes) is 24. The zero-order valence-electron chi connectivity index (χ0n) is 35.3. The van der Waals surface area contributed by atoms with Gasteiger partial charge in [-0.05, 0) is 57.8 Å². The molecule has 0 bridgehead atoms. The average Bonchev–Trinajstić information content (AvgIpc) is 3.16. The molecule has 0 aliphatic rings. The Balaban J connectivity index is 3.34. The van der Waals surface area contributed by atoms with Gasteiger partial charge < -0.3 is 15.5 Å². The van der Waals surface area contributed by atoms with E-state index in [0.29, 0.717) is 12.8 Å². The van der Waals surface area contributed by atoms with E-state index in [9.17, 15) is 15.0 Å². The monoisotopic (exact) mass is 740 g/mol. The largest absolute Gasteiger partial charge is 0.394 e. The van der Waals surface area contributed by atoms with E-state index in [1.54, 1.807) is 0 Å². The molecule has 0 aromatic carbocycles. The first-order valence-corrected chi connectivity index (χ1v) is 23.0. The molecule has 2 unspecified atom stereocenters. The summed E-state index contributed by atoms with van der Waals surface area (Å²) >= 11 is 0. The van der Waals surface area contributed by atoms with Crippen molar-refractivity contribution in [1.29, 1.82) is 0 Å². The van der Waals surface area contributed by atoms with Gasteiger partial charge in [0.1, 0.15) is 0 Å².